The third-order valence-corrected chi connectivity index (χ3v) is 5.66. The van der Waals surface area contributed by atoms with Gasteiger partial charge in [0.25, 0.3) is 5.91 Å². The number of nitrogens with zero attached hydrogens (tertiary/aromatic N) is 1. The molecule has 2 N–H and O–H groups in total. The lowest BCUT2D eigenvalue weighted by atomic mass is 9.71. The van der Waals surface area contributed by atoms with Crippen LogP contribution in [0.3, 0.4) is 0 Å². The number of aryl methyl sites for hydroxylation is 1. The molecular formula is C19H26N2O3. The van der Waals surface area contributed by atoms with Crippen molar-refractivity contribution in [1.29, 1.82) is 0 Å². The summed E-state index contributed by atoms with van der Waals surface area (Å²) in [5.41, 5.74) is 4.62. The molecule has 0 radical (unpaired) electrons. The van der Waals surface area contributed by atoms with Crippen LogP contribution < -0.4 is 5.48 Å². The second kappa shape index (κ2) is 6.55. The second-order valence-corrected chi connectivity index (χ2v) is 7.64. The third-order valence-electron chi connectivity index (χ3n) is 5.66. The fourth-order valence-electron chi connectivity index (χ4n) is 3.97. The summed E-state index contributed by atoms with van der Waals surface area (Å²) in [6.07, 6.45) is 6.31. The summed E-state index contributed by atoms with van der Waals surface area (Å²) in [5.74, 6) is -0.315. The molecule has 130 valence electrons. The molecule has 2 aliphatic rings. The minimum Gasteiger partial charge on any atom is -0.339 e. The van der Waals surface area contributed by atoms with E-state index in [-0.39, 0.29) is 11.3 Å². The summed E-state index contributed by atoms with van der Waals surface area (Å²) >= 11 is 0. The van der Waals surface area contributed by atoms with Gasteiger partial charge in [0.2, 0.25) is 5.91 Å². The summed E-state index contributed by atoms with van der Waals surface area (Å²) in [5, 5.41) is 8.83. The van der Waals surface area contributed by atoms with E-state index in [9.17, 15) is 9.59 Å². The van der Waals surface area contributed by atoms with Crippen molar-refractivity contribution in [2.75, 3.05) is 6.54 Å². The van der Waals surface area contributed by atoms with Crippen molar-refractivity contribution in [3.63, 3.8) is 0 Å². The molecule has 0 aliphatic heterocycles. The van der Waals surface area contributed by atoms with Gasteiger partial charge in [0.05, 0.1) is 0 Å². The van der Waals surface area contributed by atoms with E-state index >= 15 is 0 Å². The Morgan fingerprint density at radius 3 is 2.67 bits per heavy atom. The van der Waals surface area contributed by atoms with Crippen LogP contribution in [0.1, 0.15) is 61.0 Å². The Bertz CT molecular complexity index is 654. The van der Waals surface area contributed by atoms with Gasteiger partial charge in [-0.15, -0.1) is 0 Å². The number of carbonyl (C=O) groups is 2. The average Bonchev–Trinajstić information content (AvgIpc) is 2.50. The van der Waals surface area contributed by atoms with E-state index in [0.29, 0.717) is 11.6 Å². The normalized spacial score (nSPS) is 23.1. The van der Waals surface area contributed by atoms with Crippen molar-refractivity contribution >= 4 is 11.8 Å². The molecule has 1 saturated carbocycles. The number of carbonyl (C=O) groups excluding carboxylic acids is 2. The Balaban J connectivity index is 1.78. The molecule has 24 heavy (non-hydrogen) atoms. The number of hydroxylamine groups is 1. The van der Waals surface area contributed by atoms with Gasteiger partial charge in [-0.2, -0.15) is 0 Å². The Labute approximate surface area is 143 Å². The largest absolute Gasteiger partial charge is 0.339 e. The zero-order valence-corrected chi connectivity index (χ0v) is 14.5. The zero-order valence-electron chi connectivity index (χ0n) is 14.5. The lowest BCUT2D eigenvalue weighted by Gasteiger charge is -2.44. The minimum atomic E-state index is -0.482. The van der Waals surface area contributed by atoms with E-state index in [1.165, 1.54) is 12.0 Å². The number of rotatable bonds is 4. The first-order chi connectivity index (χ1) is 11.4. The predicted molar refractivity (Wildman–Crippen MR) is 90.9 cm³/mol. The standard InChI is InChI=1S/C19H26N2O3/c1-13(22)21(17-4-3-5-17)12-19(2)9-8-14-6-7-15(18(23)20-24)10-16(14)11-19/h6-7,10,17,24H,3-5,8-9,11-12H2,1-2H3,(H,20,23). The first-order valence-corrected chi connectivity index (χ1v) is 8.75. The Morgan fingerprint density at radius 1 is 1.33 bits per heavy atom. The molecule has 1 aromatic rings. The van der Waals surface area contributed by atoms with Gasteiger partial charge >= 0.3 is 0 Å². The van der Waals surface area contributed by atoms with Crippen LogP contribution in [0.5, 0.6) is 0 Å². The van der Waals surface area contributed by atoms with Gasteiger partial charge < -0.3 is 4.90 Å². The van der Waals surface area contributed by atoms with Crippen molar-refractivity contribution in [2.24, 2.45) is 5.41 Å². The van der Waals surface area contributed by atoms with Gasteiger partial charge in [0, 0.05) is 25.1 Å². The summed E-state index contributed by atoms with van der Waals surface area (Å²) in [6, 6.07) is 6.02. The molecule has 0 aromatic heterocycles. The molecule has 1 aromatic carbocycles. The first-order valence-electron chi connectivity index (χ1n) is 8.75. The monoisotopic (exact) mass is 330 g/mol. The molecule has 0 spiro atoms. The molecule has 1 fully saturated rings. The molecule has 5 heteroatoms. The van der Waals surface area contributed by atoms with Gasteiger partial charge in [0.15, 0.2) is 0 Å². The molecular weight excluding hydrogens is 304 g/mol. The lowest BCUT2D eigenvalue weighted by Crippen LogP contribution is -2.49. The van der Waals surface area contributed by atoms with Crippen LogP contribution in [0.25, 0.3) is 0 Å². The molecule has 3 rings (SSSR count). The molecule has 0 bridgehead atoms. The highest BCUT2D eigenvalue weighted by atomic mass is 16.5. The molecule has 1 atom stereocenters. The quantitative estimate of drug-likeness (QED) is 0.659. The van der Waals surface area contributed by atoms with E-state index in [1.54, 1.807) is 18.5 Å². The molecule has 0 saturated heterocycles. The van der Waals surface area contributed by atoms with E-state index in [4.69, 9.17) is 5.21 Å². The van der Waals surface area contributed by atoms with Gasteiger partial charge in [-0.1, -0.05) is 13.0 Å². The van der Waals surface area contributed by atoms with Crippen LogP contribution >= 0.6 is 0 Å². The Kier molecular flexibility index (Phi) is 4.63. The van der Waals surface area contributed by atoms with Crippen LogP contribution in [0.2, 0.25) is 0 Å². The van der Waals surface area contributed by atoms with Gasteiger partial charge in [-0.3, -0.25) is 14.8 Å². The summed E-state index contributed by atoms with van der Waals surface area (Å²) in [4.78, 5) is 25.8. The van der Waals surface area contributed by atoms with Gasteiger partial charge in [-0.25, -0.2) is 5.48 Å². The van der Waals surface area contributed by atoms with Crippen molar-refractivity contribution in [2.45, 2.75) is 58.4 Å². The smallest absolute Gasteiger partial charge is 0.274 e. The Morgan fingerprint density at radius 2 is 2.08 bits per heavy atom. The Hall–Kier alpha value is -1.88. The number of benzene rings is 1. The van der Waals surface area contributed by atoms with E-state index in [0.717, 1.165) is 44.2 Å². The fourth-order valence-corrected chi connectivity index (χ4v) is 3.97. The maximum absolute atomic E-state index is 12.1. The highest BCUT2D eigenvalue weighted by Crippen LogP contribution is 2.38. The maximum atomic E-state index is 12.1. The second-order valence-electron chi connectivity index (χ2n) is 7.64. The highest BCUT2D eigenvalue weighted by molar-refractivity contribution is 5.93. The SMILES string of the molecule is CC(=O)N(CC1(C)CCc2ccc(C(=O)NO)cc2C1)C1CCC1. The fraction of sp³-hybridized carbons (Fsp3) is 0.579. The van der Waals surface area contributed by atoms with Crippen molar-refractivity contribution in [3.8, 4) is 0 Å². The van der Waals surface area contributed by atoms with Gasteiger partial charge in [-0.05, 0) is 67.2 Å². The molecule has 2 amide bonds. The van der Waals surface area contributed by atoms with E-state index in [2.05, 4.69) is 11.8 Å². The van der Waals surface area contributed by atoms with Crippen LogP contribution in [0.4, 0.5) is 0 Å². The van der Waals surface area contributed by atoms with Gasteiger partial charge in [0.1, 0.15) is 0 Å². The average molecular weight is 330 g/mol. The topological polar surface area (TPSA) is 69.6 Å². The van der Waals surface area contributed by atoms with Crippen molar-refractivity contribution < 1.29 is 14.8 Å². The highest BCUT2D eigenvalue weighted by Gasteiger charge is 2.36. The summed E-state index contributed by atoms with van der Waals surface area (Å²) in [7, 11) is 0. The van der Waals surface area contributed by atoms with Crippen molar-refractivity contribution in [3.05, 3.63) is 34.9 Å². The first kappa shape index (κ1) is 17.0. The summed E-state index contributed by atoms with van der Waals surface area (Å²) < 4.78 is 0. The number of fused-ring (bicyclic) bond motifs is 1. The predicted octanol–water partition coefficient (Wildman–Crippen LogP) is 2.70. The summed E-state index contributed by atoms with van der Waals surface area (Å²) in [6.45, 7) is 4.69. The van der Waals surface area contributed by atoms with E-state index in [1.807, 2.05) is 12.1 Å². The molecule has 0 heterocycles. The third kappa shape index (κ3) is 3.31. The van der Waals surface area contributed by atoms with Crippen LogP contribution in [0.15, 0.2) is 18.2 Å². The van der Waals surface area contributed by atoms with Crippen LogP contribution in [0, 0.1) is 5.41 Å². The molecule has 5 nitrogen and oxygen atoms in total. The lowest BCUT2D eigenvalue weighted by molar-refractivity contribution is -0.135. The molecule has 2 aliphatic carbocycles. The minimum absolute atomic E-state index is 0.0303. The number of hydrogen-bond donors (Lipinski definition) is 2. The number of nitrogens with one attached hydrogen (secondary N) is 1. The van der Waals surface area contributed by atoms with Crippen LogP contribution in [-0.2, 0) is 17.6 Å². The van der Waals surface area contributed by atoms with Crippen molar-refractivity contribution in [1.82, 2.24) is 10.4 Å². The van der Waals surface area contributed by atoms with E-state index < -0.39 is 5.91 Å². The maximum Gasteiger partial charge on any atom is 0.274 e. The van der Waals surface area contributed by atoms with Crippen LogP contribution in [-0.4, -0.2) is 34.5 Å². The number of amides is 2. The number of hydrogen-bond acceptors (Lipinski definition) is 3. The molecule has 1 unspecified atom stereocenters. The zero-order chi connectivity index (χ0) is 17.3.